The Morgan fingerprint density at radius 2 is 1.91 bits per heavy atom. The third kappa shape index (κ3) is 3.23. The number of carbonyl (C=O) groups excluding carboxylic acids is 1. The minimum absolute atomic E-state index is 0.341. The van der Waals surface area contributed by atoms with Gasteiger partial charge in [0, 0.05) is 24.3 Å². The summed E-state index contributed by atoms with van der Waals surface area (Å²) in [6.45, 7) is 1.46. The van der Waals surface area contributed by atoms with Gasteiger partial charge in [-0.25, -0.2) is 9.78 Å². The summed E-state index contributed by atoms with van der Waals surface area (Å²) in [5.74, 6) is -1.53. The SMILES string of the molecule is CO[C@@](C(=O)O[C@@H](C)c1nccs1)(c1ccccc1)C(F)(F)F. The van der Waals surface area contributed by atoms with Crippen molar-refractivity contribution in [2.24, 2.45) is 0 Å². The van der Waals surface area contributed by atoms with E-state index in [4.69, 9.17) is 4.74 Å². The zero-order valence-electron chi connectivity index (χ0n) is 12.3. The normalized spacial score (nSPS) is 15.7. The van der Waals surface area contributed by atoms with Gasteiger partial charge >= 0.3 is 12.1 Å². The van der Waals surface area contributed by atoms with Crippen LogP contribution in [0.25, 0.3) is 0 Å². The molecule has 2 rings (SSSR count). The van der Waals surface area contributed by atoms with Crippen LogP contribution >= 0.6 is 11.3 Å². The molecule has 0 saturated carbocycles. The van der Waals surface area contributed by atoms with Crippen LogP contribution in [0.3, 0.4) is 0 Å². The van der Waals surface area contributed by atoms with Crippen molar-refractivity contribution in [2.75, 3.05) is 7.11 Å². The van der Waals surface area contributed by atoms with Crippen LogP contribution in [0.5, 0.6) is 0 Å². The van der Waals surface area contributed by atoms with Crippen molar-refractivity contribution < 1.29 is 27.4 Å². The van der Waals surface area contributed by atoms with E-state index < -0.39 is 23.9 Å². The van der Waals surface area contributed by atoms with Crippen LogP contribution in [0.4, 0.5) is 13.2 Å². The summed E-state index contributed by atoms with van der Waals surface area (Å²) >= 11 is 1.18. The number of alkyl halides is 3. The van der Waals surface area contributed by atoms with Gasteiger partial charge in [0.05, 0.1) is 0 Å². The number of benzene rings is 1. The van der Waals surface area contributed by atoms with Gasteiger partial charge in [-0.1, -0.05) is 30.3 Å². The lowest BCUT2D eigenvalue weighted by molar-refractivity contribution is -0.278. The van der Waals surface area contributed by atoms with Crippen molar-refractivity contribution in [3.8, 4) is 0 Å². The Labute approximate surface area is 134 Å². The molecular weight excluding hydrogens is 331 g/mol. The number of carbonyl (C=O) groups is 1. The summed E-state index contributed by atoms with van der Waals surface area (Å²) in [6.07, 6.45) is -4.42. The smallest absolute Gasteiger partial charge is 0.432 e. The topological polar surface area (TPSA) is 48.4 Å². The second-order valence-electron chi connectivity index (χ2n) is 4.67. The summed E-state index contributed by atoms with van der Waals surface area (Å²) in [4.78, 5) is 16.3. The van der Waals surface area contributed by atoms with Gasteiger partial charge in [-0.2, -0.15) is 13.2 Å². The molecule has 0 aliphatic heterocycles. The predicted molar refractivity (Wildman–Crippen MR) is 77.8 cm³/mol. The number of aromatic nitrogens is 1. The van der Waals surface area contributed by atoms with E-state index in [-0.39, 0.29) is 5.56 Å². The Morgan fingerprint density at radius 3 is 2.39 bits per heavy atom. The molecule has 1 aromatic carbocycles. The average Bonchev–Trinajstić information content (AvgIpc) is 3.02. The maximum atomic E-state index is 13.7. The van der Waals surface area contributed by atoms with Crippen molar-refractivity contribution >= 4 is 17.3 Å². The number of thiazole rings is 1. The van der Waals surface area contributed by atoms with Gasteiger partial charge in [0.15, 0.2) is 6.10 Å². The second kappa shape index (κ2) is 6.67. The van der Waals surface area contributed by atoms with E-state index in [9.17, 15) is 18.0 Å². The van der Waals surface area contributed by atoms with Crippen LogP contribution in [0.1, 0.15) is 23.6 Å². The maximum Gasteiger partial charge on any atom is 0.432 e. The molecule has 2 atom stereocenters. The summed E-state index contributed by atoms with van der Waals surface area (Å²) in [5, 5.41) is 2.04. The highest BCUT2D eigenvalue weighted by Gasteiger charge is 2.64. The number of hydrogen-bond donors (Lipinski definition) is 0. The summed E-state index contributed by atoms with van der Waals surface area (Å²) in [7, 11) is 0.829. The Kier molecular flexibility index (Phi) is 5.06. The summed E-state index contributed by atoms with van der Waals surface area (Å²) < 4.78 is 50.6. The Hall–Kier alpha value is -1.93. The van der Waals surface area contributed by atoms with Crippen molar-refractivity contribution in [3.05, 3.63) is 52.5 Å². The van der Waals surface area contributed by atoms with E-state index in [0.29, 0.717) is 5.01 Å². The van der Waals surface area contributed by atoms with E-state index >= 15 is 0 Å². The van der Waals surface area contributed by atoms with Gasteiger partial charge in [-0.05, 0) is 6.92 Å². The number of ether oxygens (including phenoxy) is 2. The number of hydrogen-bond acceptors (Lipinski definition) is 5. The average molecular weight is 345 g/mol. The standard InChI is InChI=1S/C15H14F3NO3S/c1-10(12-19-8-9-23-12)22-13(20)14(21-2,15(16,17)18)11-6-4-3-5-7-11/h3-10H,1-2H3/t10-,14+/m0/s1. The van der Waals surface area contributed by atoms with Gasteiger partial charge < -0.3 is 9.47 Å². The monoisotopic (exact) mass is 345 g/mol. The fourth-order valence-corrected chi connectivity index (χ4v) is 2.74. The van der Waals surface area contributed by atoms with Gasteiger partial charge in [-0.3, -0.25) is 0 Å². The maximum absolute atomic E-state index is 13.7. The molecule has 0 spiro atoms. The van der Waals surface area contributed by atoms with Crippen LogP contribution in [0, 0.1) is 0 Å². The number of halogens is 3. The molecule has 1 heterocycles. The molecule has 0 fully saturated rings. The molecular formula is C15H14F3NO3S. The largest absolute Gasteiger partial charge is 0.453 e. The molecule has 4 nitrogen and oxygen atoms in total. The van der Waals surface area contributed by atoms with E-state index in [0.717, 1.165) is 7.11 Å². The molecule has 0 unspecified atom stereocenters. The minimum atomic E-state index is -4.98. The van der Waals surface area contributed by atoms with Crippen molar-refractivity contribution in [1.82, 2.24) is 4.98 Å². The number of methoxy groups -OCH3 is 1. The Bertz CT molecular complexity index is 646. The lowest BCUT2D eigenvalue weighted by Gasteiger charge is -2.33. The highest BCUT2D eigenvalue weighted by Crippen LogP contribution is 2.43. The third-order valence-corrected chi connectivity index (χ3v) is 4.19. The first-order valence-corrected chi connectivity index (χ1v) is 7.48. The first kappa shape index (κ1) is 17.4. The molecule has 124 valence electrons. The number of rotatable bonds is 5. The molecule has 0 saturated heterocycles. The van der Waals surface area contributed by atoms with Gasteiger partial charge in [0.1, 0.15) is 5.01 Å². The first-order valence-electron chi connectivity index (χ1n) is 6.60. The molecule has 0 bridgehead atoms. The second-order valence-corrected chi connectivity index (χ2v) is 5.59. The molecule has 0 radical (unpaired) electrons. The van der Waals surface area contributed by atoms with E-state index in [2.05, 4.69) is 9.72 Å². The van der Waals surface area contributed by atoms with E-state index in [1.165, 1.54) is 48.7 Å². The number of esters is 1. The predicted octanol–water partition coefficient (Wildman–Crippen LogP) is 3.85. The van der Waals surface area contributed by atoms with E-state index in [1.54, 1.807) is 11.4 Å². The zero-order chi connectivity index (χ0) is 17.1. The van der Waals surface area contributed by atoms with Gasteiger partial charge in [0.2, 0.25) is 0 Å². The third-order valence-electron chi connectivity index (χ3n) is 3.26. The quantitative estimate of drug-likeness (QED) is 0.773. The summed E-state index contributed by atoms with van der Waals surface area (Å²) in [6, 6.07) is 6.68. The first-order chi connectivity index (χ1) is 10.8. The van der Waals surface area contributed by atoms with Crippen LogP contribution in [0.15, 0.2) is 41.9 Å². The van der Waals surface area contributed by atoms with Crippen LogP contribution in [-0.2, 0) is 19.9 Å². The molecule has 1 aromatic heterocycles. The Morgan fingerprint density at radius 1 is 1.26 bits per heavy atom. The fourth-order valence-electron chi connectivity index (χ4n) is 2.12. The molecule has 0 amide bonds. The van der Waals surface area contributed by atoms with E-state index in [1.807, 2.05) is 0 Å². The zero-order valence-corrected chi connectivity index (χ0v) is 13.1. The number of nitrogens with zero attached hydrogens (tertiary/aromatic N) is 1. The highest BCUT2D eigenvalue weighted by molar-refractivity contribution is 7.09. The lowest BCUT2D eigenvalue weighted by Crippen LogP contribution is -2.51. The highest BCUT2D eigenvalue weighted by atomic mass is 32.1. The van der Waals surface area contributed by atoms with Crippen LogP contribution < -0.4 is 0 Å². The fraction of sp³-hybridized carbons (Fsp3) is 0.333. The van der Waals surface area contributed by atoms with Crippen molar-refractivity contribution in [2.45, 2.75) is 24.8 Å². The molecule has 0 N–H and O–H groups in total. The molecule has 0 aliphatic rings. The van der Waals surface area contributed by atoms with Gasteiger partial charge in [0.25, 0.3) is 5.60 Å². The van der Waals surface area contributed by atoms with Gasteiger partial charge in [-0.15, -0.1) is 11.3 Å². The van der Waals surface area contributed by atoms with Crippen molar-refractivity contribution in [1.29, 1.82) is 0 Å². The Balaban J connectivity index is 2.40. The molecule has 23 heavy (non-hydrogen) atoms. The van der Waals surface area contributed by atoms with Crippen LogP contribution in [-0.4, -0.2) is 24.2 Å². The van der Waals surface area contributed by atoms with Crippen molar-refractivity contribution in [3.63, 3.8) is 0 Å². The molecule has 2 aromatic rings. The lowest BCUT2D eigenvalue weighted by atomic mass is 9.92. The molecule has 8 heteroatoms. The minimum Gasteiger partial charge on any atom is -0.453 e. The molecule has 0 aliphatic carbocycles. The van der Waals surface area contributed by atoms with Crippen LogP contribution in [0.2, 0.25) is 0 Å². The summed E-state index contributed by atoms with van der Waals surface area (Å²) in [5.41, 5.74) is -3.52.